The first kappa shape index (κ1) is 14.4. The number of carbonyl (C=O) groups is 1. The lowest BCUT2D eigenvalue weighted by atomic mass is 9.94. The van der Waals surface area contributed by atoms with Gasteiger partial charge in [-0.3, -0.25) is 4.79 Å². The Morgan fingerprint density at radius 1 is 1.47 bits per heavy atom. The maximum atomic E-state index is 12.2. The van der Waals surface area contributed by atoms with Crippen LogP contribution < -0.4 is 0 Å². The van der Waals surface area contributed by atoms with Crippen molar-refractivity contribution < 1.29 is 9.90 Å². The summed E-state index contributed by atoms with van der Waals surface area (Å²) in [5.74, 6) is 1.05. The lowest BCUT2D eigenvalue weighted by molar-refractivity contribution is -0.131. The molecule has 1 fully saturated rings. The van der Waals surface area contributed by atoms with Crippen LogP contribution in [0.2, 0.25) is 0 Å². The number of halogens is 1. The van der Waals surface area contributed by atoms with Crippen LogP contribution >= 0.6 is 15.9 Å². The first-order valence-corrected chi connectivity index (χ1v) is 7.67. The molecule has 0 radical (unpaired) electrons. The first-order chi connectivity index (χ1) is 9.06. The summed E-state index contributed by atoms with van der Waals surface area (Å²) in [6, 6.07) is 6.93. The average molecular weight is 326 g/mol. The van der Waals surface area contributed by atoms with Crippen LogP contribution in [0.5, 0.6) is 5.75 Å². The number of phenolic OH excluding ortho intramolecular Hbond substituents is 1. The van der Waals surface area contributed by atoms with Crippen LogP contribution in [-0.2, 0) is 11.2 Å². The van der Waals surface area contributed by atoms with Crippen molar-refractivity contribution in [1.29, 1.82) is 0 Å². The van der Waals surface area contributed by atoms with Gasteiger partial charge in [0.1, 0.15) is 5.75 Å². The van der Waals surface area contributed by atoms with Crippen molar-refractivity contribution >= 4 is 21.8 Å². The molecule has 1 N–H and O–H groups in total. The van der Waals surface area contributed by atoms with E-state index in [0.29, 0.717) is 17.2 Å². The van der Waals surface area contributed by atoms with Gasteiger partial charge in [-0.2, -0.15) is 0 Å². The average Bonchev–Trinajstić information content (AvgIpc) is 2.39. The maximum absolute atomic E-state index is 12.2. The Hall–Kier alpha value is -1.03. The first-order valence-electron chi connectivity index (χ1n) is 6.76. The molecule has 1 saturated heterocycles. The highest BCUT2D eigenvalue weighted by atomic mass is 79.9. The van der Waals surface area contributed by atoms with E-state index in [-0.39, 0.29) is 11.7 Å². The molecule has 0 aromatic heterocycles. The van der Waals surface area contributed by atoms with E-state index < -0.39 is 0 Å². The maximum Gasteiger partial charge on any atom is 0.226 e. The van der Waals surface area contributed by atoms with E-state index in [1.54, 1.807) is 18.2 Å². The van der Waals surface area contributed by atoms with Gasteiger partial charge in [0.15, 0.2) is 0 Å². The molecule has 1 amide bonds. The van der Waals surface area contributed by atoms with Gasteiger partial charge in [0, 0.05) is 17.9 Å². The van der Waals surface area contributed by atoms with Crippen LogP contribution in [0.3, 0.4) is 0 Å². The van der Waals surface area contributed by atoms with Crippen molar-refractivity contribution in [3.63, 3.8) is 0 Å². The molecule has 1 aromatic carbocycles. The summed E-state index contributed by atoms with van der Waals surface area (Å²) in [6.07, 6.45) is 2.51. The molecule has 104 valence electrons. The Bertz CT molecular complexity index is 440. The predicted molar refractivity (Wildman–Crippen MR) is 79.5 cm³/mol. The second kappa shape index (κ2) is 6.42. The van der Waals surface area contributed by atoms with E-state index in [1.807, 2.05) is 11.0 Å². The monoisotopic (exact) mass is 325 g/mol. The quantitative estimate of drug-likeness (QED) is 0.868. The van der Waals surface area contributed by atoms with Gasteiger partial charge in [-0.15, -0.1) is 0 Å². The summed E-state index contributed by atoms with van der Waals surface area (Å²) in [5, 5.41) is 9.40. The SMILES string of the molecule is CC(Br)C1CCN(C(=O)Cc2cccc(O)c2)CC1. The van der Waals surface area contributed by atoms with Gasteiger partial charge in [-0.1, -0.05) is 35.0 Å². The number of hydrogen-bond acceptors (Lipinski definition) is 2. The van der Waals surface area contributed by atoms with Crippen molar-refractivity contribution in [2.75, 3.05) is 13.1 Å². The number of nitrogens with zero attached hydrogens (tertiary/aromatic N) is 1. The fourth-order valence-electron chi connectivity index (χ4n) is 2.56. The molecular weight excluding hydrogens is 306 g/mol. The normalized spacial score (nSPS) is 18.3. The van der Waals surface area contributed by atoms with E-state index in [9.17, 15) is 9.90 Å². The zero-order valence-electron chi connectivity index (χ0n) is 11.2. The Morgan fingerprint density at radius 2 is 2.16 bits per heavy atom. The van der Waals surface area contributed by atoms with Gasteiger partial charge in [0.25, 0.3) is 0 Å². The standard InChI is InChI=1S/C15H20BrNO2/c1-11(16)13-5-7-17(8-6-13)15(19)10-12-3-2-4-14(18)9-12/h2-4,9,11,13,18H,5-8,10H2,1H3. The van der Waals surface area contributed by atoms with Crippen LogP contribution in [0, 0.1) is 5.92 Å². The van der Waals surface area contributed by atoms with E-state index in [1.165, 1.54) is 0 Å². The van der Waals surface area contributed by atoms with Crippen LogP contribution in [-0.4, -0.2) is 33.8 Å². The number of phenols is 1. The Balaban J connectivity index is 1.88. The highest BCUT2D eigenvalue weighted by molar-refractivity contribution is 9.09. The zero-order valence-corrected chi connectivity index (χ0v) is 12.8. The van der Waals surface area contributed by atoms with Crippen molar-refractivity contribution in [2.24, 2.45) is 5.92 Å². The number of hydrogen-bond donors (Lipinski definition) is 1. The fourth-order valence-corrected chi connectivity index (χ4v) is 3.09. The molecule has 0 saturated carbocycles. The van der Waals surface area contributed by atoms with Gasteiger partial charge < -0.3 is 10.0 Å². The number of rotatable bonds is 3. The van der Waals surface area contributed by atoms with E-state index in [4.69, 9.17) is 0 Å². The molecule has 1 unspecified atom stereocenters. The molecule has 19 heavy (non-hydrogen) atoms. The third kappa shape index (κ3) is 3.96. The topological polar surface area (TPSA) is 40.5 Å². The summed E-state index contributed by atoms with van der Waals surface area (Å²) in [6.45, 7) is 3.87. The predicted octanol–water partition coefficient (Wildman–Crippen LogP) is 2.96. The Labute approximate surface area is 122 Å². The molecule has 0 bridgehead atoms. The second-order valence-electron chi connectivity index (χ2n) is 5.24. The van der Waals surface area contributed by atoms with Crippen LogP contribution in [0.4, 0.5) is 0 Å². The summed E-state index contributed by atoms with van der Waals surface area (Å²) >= 11 is 3.62. The van der Waals surface area contributed by atoms with Crippen molar-refractivity contribution in [3.05, 3.63) is 29.8 Å². The molecule has 0 aliphatic carbocycles. The molecule has 0 spiro atoms. The molecule has 3 nitrogen and oxygen atoms in total. The number of carbonyl (C=O) groups excluding carboxylic acids is 1. The minimum atomic E-state index is 0.159. The van der Waals surface area contributed by atoms with Crippen LogP contribution in [0.15, 0.2) is 24.3 Å². The number of amides is 1. The molecule has 1 aliphatic heterocycles. The molecule has 4 heteroatoms. The van der Waals surface area contributed by atoms with Crippen LogP contribution in [0.1, 0.15) is 25.3 Å². The van der Waals surface area contributed by atoms with Crippen LogP contribution in [0.25, 0.3) is 0 Å². The van der Waals surface area contributed by atoms with E-state index in [2.05, 4.69) is 22.9 Å². The van der Waals surface area contributed by atoms with Gasteiger partial charge in [0.2, 0.25) is 5.91 Å². The van der Waals surface area contributed by atoms with Gasteiger partial charge in [-0.25, -0.2) is 0 Å². The van der Waals surface area contributed by atoms with Gasteiger partial charge >= 0.3 is 0 Å². The van der Waals surface area contributed by atoms with E-state index >= 15 is 0 Å². The van der Waals surface area contributed by atoms with Gasteiger partial charge in [-0.05, 0) is 36.5 Å². The highest BCUT2D eigenvalue weighted by Gasteiger charge is 2.25. The molecular formula is C15H20BrNO2. The minimum Gasteiger partial charge on any atom is -0.508 e. The number of benzene rings is 1. The summed E-state index contributed by atoms with van der Waals surface area (Å²) in [4.78, 5) is 14.7. The number of alkyl halides is 1. The fraction of sp³-hybridized carbons (Fsp3) is 0.533. The third-order valence-corrected chi connectivity index (χ3v) is 4.56. The lowest BCUT2D eigenvalue weighted by Gasteiger charge is -2.33. The van der Waals surface area contributed by atoms with E-state index in [0.717, 1.165) is 31.5 Å². The number of aromatic hydroxyl groups is 1. The Morgan fingerprint density at radius 3 is 2.74 bits per heavy atom. The van der Waals surface area contributed by atoms with Gasteiger partial charge in [0.05, 0.1) is 6.42 Å². The summed E-state index contributed by atoms with van der Waals surface area (Å²) in [7, 11) is 0. The summed E-state index contributed by atoms with van der Waals surface area (Å²) < 4.78 is 0. The zero-order chi connectivity index (χ0) is 13.8. The highest BCUT2D eigenvalue weighted by Crippen LogP contribution is 2.25. The number of piperidine rings is 1. The largest absolute Gasteiger partial charge is 0.508 e. The molecule has 1 heterocycles. The Kier molecular flexibility index (Phi) is 4.86. The molecule has 2 rings (SSSR count). The van der Waals surface area contributed by atoms with Crippen molar-refractivity contribution in [3.8, 4) is 5.75 Å². The molecule has 1 aliphatic rings. The number of likely N-dealkylation sites (tertiary alicyclic amines) is 1. The smallest absolute Gasteiger partial charge is 0.226 e. The lowest BCUT2D eigenvalue weighted by Crippen LogP contribution is -2.40. The molecule has 1 aromatic rings. The second-order valence-corrected chi connectivity index (χ2v) is 6.69. The van der Waals surface area contributed by atoms with Crippen molar-refractivity contribution in [1.82, 2.24) is 4.90 Å². The third-order valence-electron chi connectivity index (χ3n) is 3.81. The minimum absolute atomic E-state index is 0.159. The van der Waals surface area contributed by atoms with Crippen molar-refractivity contribution in [2.45, 2.75) is 31.0 Å². The molecule has 1 atom stereocenters. The summed E-state index contributed by atoms with van der Waals surface area (Å²) in [5.41, 5.74) is 0.876.